The average molecular weight is 252 g/mol. The summed E-state index contributed by atoms with van der Waals surface area (Å²) in [5.41, 5.74) is 1.63. The van der Waals surface area contributed by atoms with E-state index in [9.17, 15) is 0 Å². The summed E-state index contributed by atoms with van der Waals surface area (Å²) in [5.74, 6) is 1.03. The SMILES string of the molecule is N#Cc1ccc2nc(N3CCCNCC3)ccc2c1. The molecule has 0 saturated carbocycles. The number of hydrogen-bond donors (Lipinski definition) is 1. The summed E-state index contributed by atoms with van der Waals surface area (Å²) in [6, 6.07) is 11.9. The van der Waals surface area contributed by atoms with Crippen LogP contribution in [0.1, 0.15) is 12.0 Å². The third kappa shape index (κ3) is 2.51. The van der Waals surface area contributed by atoms with Crippen LogP contribution in [0.2, 0.25) is 0 Å². The van der Waals surface area contributed by atoms with E-state index >= 15 is 0 Å². The minimum Gasteiger partial charge on any atom is -0.355 e. The Balaban J connectivity index is 1.95. The van der Waals surface area contributed by atoms with Crippen LogP contribution >= 0.6 is 0 Å². The predicted octanol–water partition coefficient (Wildman–Crippen LogP) is 1.91. The van der Waals surface area contributed by atoms with Crippen molar-refractivity contribution in [2.24, 2.45) is 0 Å². The van der Waals surface area contributed by atoms with Crippen molar-refractivity contribution in [1.29, 1.82) is 5.26 Å². The molecular weight excluding hydrogens is 236 g/mol. The van der Waals surface area contributed by atoms with Gasteiger partial charge in [-0.15, -0.1) is 0 Å². The van der Waals surface area contributed by atoms with Gasteiger partial charge in [-0.2, -0.15) is 5.26 Å². The molecule has 4 nitrogen and oxygen atoms in total. The lowest BCUT2D eigenvalue weighted by Crippen LogP contribution is -2.28. The first-order valence-electron chi connectivity index (χ1n) is 6.63. The highest BCUT2D eigenvalue weighted by Crippen LogP contribution is 2.19. The van der Waals surface area contributed by atoms with Crippen molar-refractivity contribution in [2.45, 2.75) is 6.42 Å². The fraction of sp³-hybridized carbons (Fsp3) is 0.333. The molecule has 0 aliphatic carbocycles. The highest BCUT2D eigenvalue weighted by molar-refractivity contribution is 5.81. The van der Waals surface area contributed by atoms with Gasteiger partial charge in [0.15, 0.2) is 0 Å². The summed E-state index contributed by atoms with van der Waals surface area (Å²) in [7, 11) is 0. The summed E-state index contributed by atoms with van der Waals surface area (Å²) < 4.78 is 0. The van der Waals surface area contributed by atoms with Crippen LogP contribution < -0.4 is 10.2 Å². The Morgan fingerprint density at radius 3 is 3.00 bits per heavy atom. The molecule has 4 heteroatoms. The zero-order valence-electron chi connectivity index (χ0n) is 10.8. The van der Waals surface area contributed by atoms with Gasteiger partial charge in [0.05, 0.1) is 17.1 Å². The molecule has 1 aliphatic rings. The van der Waals surface area contributed by atoms with Gasteiger partial charge in [0, 0.05) is 25.0 Å². The molecular formula is C15H16N4. The van der Waals surface area contributed by atoms with E-state index in [0.717, 1.165) is 49.3 Å². The number of pyridine rings is 1. The van der Waals surface area contributed by atoms with Crippen LogP contribution in [-0.4, -0.2) is 31.2 Å². The molecule has 0 atom stereocenters. The van der Waals surface area contributed by atoms with Crippen molar-refractivity contribution in [3.8, 4) is 6.07 Å². The van der Waals surface area contributed by atoms with Gasteiger partial charge in [-0.3, -0.25) is 0 Å². The van der Waals surface area contributed by atoms with Crippen molar-refractivity contribution in [3.05, 3.63) is 35.9 Å². The van der Waals surface area contributed by atoms with Crippen molar-refractivity contribution in [2.75, 3.05) is 31.1 Å². The third-order valence-electron chi connectivity index (χ3n) is 3.47. The smallest absolute Gasteiger partial charge is 0.129 e. The van der Waals surface area contributed by atoms with Crippen molar-refractivity contribution in [1.82, 2.24) is 10.3 Å². The number of nitriles is 1. The molecule has 1 fully saturated rings. The number of rotatable bonds is 1. The maximum atomic E-state index is 8.90. The molecule has 0 amide bonds. The van der Waals surface area contributed by atoms with E-state index in [2.05, 4.69) is 28.4 Å². The monoisotopic (exact) mass is 252 g/mol. The Hall–Kier alpha value is -2.12. The van der Waals surface area contributed by atoms with E-state index in [1.54, 1.807) is 0 Å². The fourth-order valence-electron chi connectivity index (χ4n) is 2.44. The second-order valence-corrected chi connectivity index (χ2v) is 4.78. The molecule has 1 saturated heterocycles. The molecule has 0 radical (unpaired) electrons. The lowest BCUT2D eigenvalue weighted by molar-refractivity contribution is 0.724. The van der Waals surface area contributed by atoms with Crippen molar-refractivity contribution < 1.29 is 0 Å². The molecule has 0 bridgehead atoms. The first-order valence-corrected chi connectivity index (χ1v) is 6.63. The quantitative estimate of drug-likeness (QED) is 0.842. The summed E-state index contributed by atoms with van der Waals surface area (Å²) >= 11 is 0. The lowest BCUT2D eigenvalue weighted by Gasteiger charge is -2.21. The molecule has 3 rings (SSSR count). The number of aromatic nitrogens is 1. The molecule has 0 spiro atoms. The molecule has 1 aromatic carbocycles. The Kier molecular flexibility index (Phi) is 3.30. The molecule has 2 heterocycles. The van der Waals surface area contributed by atoms with Crippen molar-refractivity contribution in [3.63, 3.8) is 0 Å². The van der Waals surface area contributed by atoms with Gasteiger partial charge in [0.2, 0.25) is 0 Å². The summed E-state index contributed by atoms with van der Waals surface area (Å²) in [6.07, 6.45) is 1.15. The van der Waals surface area contributed by atoms with Crippen LogP contribution in [0.25, 0.3) is 10.9 Å². The number of nitrogens with one attached hydrogen (secondary N) is 1. The number of benzene rings is 1. The number of fused-ring (bicyclic) bond motifs is 1. The average Bonchev–Trinajstić information content (AvgIpc) is 2.75. The number of hydrogen-bond acceptors (Lipinski definition) is 4. The minimum absolute atomic E-state index is 0.682. The van der Waals surface area contributed by atoms with Crippen LogP contribution in [0.15, 0.2) is 30.3 Å². The highest BCUT2D eigenvalue weighted by atomic mass is 15.2. The van der Waals surface area contributed by atoms with E-state index in [0.29, 0.717) is 5.56 Å². The maximum Gasteiger partial charge on any atom is 0.129 e. The maximum absolute atomic E-state index is 8.90. The van der Waals surface area contributed by atoms with E-state index in [4.69, 9.17) is 10.2 Å². The first kappa shape index (κ1) is 11.9. The van der Waals surface area contributed by atoms with Crippen molar-refractivity contribution >= 4 is 16.7 Å². The molecule has 1 N–H and O–H groups in total. The number of nitrogens with zero attached hydrogens (tertiary/aromatic N) is 3. The zero-order chi connectivity index (χ0) is 13.1. The van der Waals surface area contributed by atoms with Gasteiger partial charge in [-0.25, -0.2) is 4.98 Å². The third-order valence-corrected chi connectivity index (χ3v) is 3.47. The normalized spacial score (nSPS) is 16.1. The van der Waals surface area contributed by atoms with Crippen LogP contribution in [0.4, 0.5) is 5.82 Å². The second-order valence-electron chi connectivity index (χ2n) is 4.78. The van der Waals surface area contributed by atoms with Gasteiger partial charge in [0.1, 0.15) is 5.82 Å². The lowest BCUT2D eigenvalue weighted by atomic mass is 10.1. The molecule has 0 unspecified atom stereocenters. The Labute approximate surface area is 112 Å². The molecule has 19 heavy (non-hydrogen) atoms. The second kappa shape index (κ2) is 5.25. The topological polar surface area (TPSA) is 52.0 Å². The molecule has 1 aromatic heterocycles. The summed E-state index contributed by atoms with van der Waals surface area (Å²) in [5, 5.41) is 13.3. The fourth-order valence-corrected chi connectivity index (χ4v) is 2.44. The Morgan fingerprint density at radius 2 is 2.11 bits per heavy atom. The van der Waals surface area contributed by atoms with Crippen LogP contribution in [-0.2, 0) is 0 Å². The predicted molar refractivity (Wildman–Crippen MR) is 76.2 cm³/mol. The van der Waals surface area contributed by atoms with Gasteiger partial charge in [0.25, 0.3) is 0 Å². The summed E-state index contributed by atoms with van der Waals surface area (Å²) in [6.45, 7) is 4.12. The van der Waals surface area contributed by atoms with Gasteiger partial charge in [-0.05, 0) is 43.3 Å². The van der Waals surface area contributed by atoms with E-state index in [1.807, 2.05) is 18.2 Å². The van der Waals surface area contributed by atoms with Crippen LogP contribution in [0, 0.1) is 11.3 Å². The van der Waals surface area contributed by atoms with Gasteiger partial charge >= 0.3 is 0 Å². The van der Waals surface area contributed by atoms with E-state index < -0.39 is 0 Å². The van der Waals surface area contributed by atoms with E-state index in [1.165, 1.54) is 0 Å². The zero-order valence-corrected chi connectivity index (χ0v) is 10.8. The molecule has 2 aromatic rings. The van der Waals surface area contributed by atoms with E-state index in [-0.39, 0.29) is 0 Å². The largest absolute Gasteiger partial charge is 0.355 e. The highest BCUT2D eigenvalue weighted by Gasteiger charge is 2.11. The van der Waals surface area contributed by atoms with Gasteiger partial charge < -0.3 is 10.2 Å². The Morgan fingerprint density at radius 1 is 1.16 bits per heavy atom. The molecule has 1 aliphatic heterocycles. The first-order chi connectivity index (χ1) is 9.36. The number of anilines is 1. The molecule has 96 valence electrons. The Bertz CT molecular complexity index is 622. The van der Waals surface area contributed by atoms with Gasteiger partial charge in [-0.1, -0.05) is 0 Å². The minimum atomic E-state index is 0.682. The van der Waals surface area contributed by atoms with Crippen LogP contribution in [0.3, 0.4) is 0 Å². The standard InChI is InChI=1S/C15H16N4/c16-11-12-2-4-14-13(10-12)3-5-15(18-14)19-8-1-6-17-7-9-19/h2-5,10,17H,1,6-9H2. The summed E-state index contributed by atoms with van der Waals surface area (Å²) in [4.78, 5) is 7.02. The van der Waals surface area contributed by atoms with Crippen LogP contribution in [0.5, 0.6) is 0 Å².